The minimum Gasteiger partial charge on any atom is -0.494 e. The van der Waals surface area contributed by atoms with Gasteiger partial charge in [-0.25, -0.2) is 4.68 Å². The number of hydrogen-bond acceptors (Lipinski definition) is 6. The van der Waals surface area contributed by atoms with Gasteiger partial charge in [-0.05, 0) is 74.7 Å². The number of nitrogens with zero attached hydrogens (tertiary/aromatic N) is 4. The Morgan fingerprint density at radius 3 is 2.59 bits per heavy atom. The zero-order valence-corrected chi connectivity index (χ0v) is 19.0. The molecule has 0 amide bonds. The van der Waals surface area contributed by atoms with E-state index in [1.54, 1.807) is 12.4 Å². The van der Waals surface area contributed by atoms with E-state index in [1.165, 1.54) is 19.4 Å². The maximum Gasteiger partial charge on any atom is 0.124 e. The second kappa shape index (κ2) is 12.6. The monoisotopic (exact) mass is 435 g/mol. The number of carbonyl (C=O) groups excluding carboxylic acids is 1. The van der Waals surface area contributed by atoms with Crippen LogP contribution in [0.1, 0.15) is 31.7 Å². The Bertz CT molecular complexity index is 927. The van der Waals surface area contributed by atoms with E-state index in [1.807, 2.05) is 60.5 Å². The summed E-state index contributed by atoms with van der Waals surface area (Å²) in [5.74, 6) is 0.921. The maximum atomic E-state index is 9.95. The number of rotatable bonds is 9. The highest BCUT2D eigenvalue weighted by atomic mass is 16.5. The van der Waals surface area contributed by atoms with E-state index >= 15 is 0 Å². The molecule has 7 nitrogen and oxygen atoms in total. The topological polar surface area (TPSA) is 72.3 Å². The summed E-state index contributed by atoms with van der Waals surface area (Å²) in [6, 6.07) is 12.5. The summed E-state index contributed by atoms with van der Waals surface area (Å²) in [5.41, 5.74) is 3.05. The molecule has 1 fully saturated rings. The van der Waals surface area contributed by atoms with Crippen molar-refractivity contribution in [3.63, 3.8) is 0 Å². The standard InChI is InChI=1S/C18H26N4O.C7H7NO/c1-15-5-3-10-21(15)11-4-12-23-18-8-6-17(7-9-18)22-14-16(19-2)13-20-22;9-6-3-7-1-4-8-5-2-7/h6-9,13-15,19H,3-5,10-12H2,1-2H3;1-2,4-6H,3H2. The van der Waals surface area contributed by atoms with Crippen molar-refractivity contribution in [3.05, 3.63) is 66.7 Å². The third-order valence-electron chi connectivity index (χ3n) is 5.59. The molecule has 1 aliphatic heterocycles. The molecule has 170 valence electrons. The first-order chi connectivity index (χ1) is 15.7. The average molecular weight is 436 g/mol. The summed E-state index contributed by atoms with van der Waals surface area (Å²) in [7, 11) is 1.89. The molecule has 7 heteroatoms. The smallest absolute Gasteiger partial charge is 0.124 e. The van der Waals surface area contributed by atoms with Crippen molar-refractivity contribution in [2.24, 2.45) is 0 Å². The third kappa shape index (κ3) is 7.20. The average Bonchev–Trinajstić information content (AvgIpc) is 3.48. The van der Waals surface area contributed by atoms with Crippen LogP contribution in [0, 0.1) is 0 Å². The van der Waals surface area contributed by atoms with Crippen LogP contribution in [0.3, 0.4) is 0 Å². The molecule has 1 aromatic carbocycles. The van der Waals surface area contributed by atoms with Gasteiger partial charge in [0.05, 0.1) is 30.4 Å². The highest BCUT2D eigenvalue weighted by molar-refractivity contribution is 5.54. The Morgan fingerprint density at radius 1 is 1.19 bits per heavy atom. The normalized spacial score (nSPS) is 15.6. The first-order valence-corrected chi connectivity index (χ1v) is 11.2. The lowest BCUT2D eigenvalue weighted by Crippen LogP contribution is -2.28. The van der Waals surface area contributed by atoms with Crippen molar-refractivity contribution in [2.45, 2.75) is 38.6 Å². The van der Waals surface area contributed by atoms with Crippen LogP contribution in [0.4, 0.5) is 5.69 Å². The fourth-order valence-corrected chi connectivity index (χ4v) is 3.69. The van der Waals surface area contributed by atoms with Crippen molar-refractivity contribution >= 4 is 12.0 Å². The summed E-state index contributed by atoms with van der Waals surface area (Å²) in [4.78, 5) is 16.3. The van der Waals surface area contributed by atoms with Gasteiger partial charge in [-0.3, -0.25) is 4.98 Å². The number of pyridine rings is 1. The molecule has 1 N–H and O–H groups in total. The highest BCUT2D eigenvalue weighted by Crippen LogP contribution is 2.18. The Hall–Kier alpha value is -3.19. The second-order valence-electron chi connectivity index (χ2n) is 7.87. The van der Waals surface area contributed by atoms with Gasteiger partial charge in [-0.15, -0.1) is 0 Å². The summed E-state index contributed by atoms with van der Waals surface area (Å²) >= 11 is 0. The number of hydrogen-bond donors (Lipinski definition) is 1. The van der Waals surface area contributed by atoms with Crippen LogP contribution in [-0.2, 0) is 11.2 Å². The largest absolute Gasteiger partial charge is 0.494 e. The number of aromatic nitrogens is 3. The molecule has 32 heavy (non-hydrogen) atoms. The summed E-state index contributed by atoms with van der Waals surface area (Å²) in [6.45, 7) is 5.48. The van der Waals surface area contributed by atoms with Gasteiger partial charge in [-0.1, -0.05) is 0 Å². The van der Waals surface area contributed by atoms with Crippen molar-refractivity contribution < 1.29 is 9.53 Å². The van der Waals surface area contributed by atoms with E-state index in [0.29, 0.717) is 6.42 Å². The lowest BCUT2D eigenvalue weighted by molar-refractivity contribution is -0.107. The summed E-state index contributed by atoms with van der Waals surface area (Å²) in [6.07, 6.45) is 12.3. The van der Waals surface area contributed by atoms with Crippen LogP contribution in [0.5, 0.6) is 5.75 Å². The van der Waals surface area contributed by atoms with Gasteiger partial charge >= 0.3 is 0 Å². The van der Waals surface area contributed by atoms with Gasteiger partial charge in [-0.2, -0.15) is 5.10 Å². The molecule has 3 heterocycles. The molecule has 3 aromatic rings. The highest BCUT2D eigenvalue weighted by Gasteiger charge is 2.19. The third-order valence-corrected chi connectivity index (χ3v) is 5.59. The van der Waals surface area contributed by atoms with Crippen molar-refractivity contribution in [1.29, 1.82) is 0 Å². The number of benzene rings is 1. The quantitative estimate of drug-likeness (QED) is 0.405. The van der Waals surface area contributed by atoms with Gasteiger partial charge < -0.3 is 19.7 Å². The molecular weight excluding hydrogens is 402 g/mol. The van der Waals surface area contributed by atoms with E-state index in [-0.39, 0.29) is 0 Å². The predicted molar refractivity (Wildman–Crippen MR) is 127 cm³/mol. The molecule has 4 rings (SSSR count). The van der Waals surface area contributed by atoms with Crippen LogP contribution < -0.4 is 10.1 Å². The molecule has 1 aliphatic rings. The molecule has 1 unspecified atom stereocenters. The first kappa shape index (κ1) is 23.5. The van der Waals surface area contributed by atoms with Crippen LogP contribution >= 0.6 is 0 Å². The number of carbonyl (C=O) groups is 1. The van der Waals surface area contributed by atoms with Crippen LogP contribution in [0.2, 0.25) is 0 Å². The van der Waals surface area contributed by atoms with Gasteiger partial charge in [0.1, 0.15) is 12.0 Å². The Morgan fingerprint density at radius 2 is 1.97 bits per heavy atom. The first-order valence-electron chi connectivity index (χ1n) is 11.2. The van der Waals surface area contributed by atoms with Gasteiger partial charge in [0.15, 0.2) is 0 Å². The van der Waals surface area contributed by atoms with E-state index in [2.05, 4.69) is 27.2 Å². The lowest BCUT2D eigenvalue weighted by atomic mass is 10.2. The molecule has 0 radical (unpaired) electrons. The van der Waals surface area contributed by atoms with Crippen molar-refractivity contribution in [3.8, 4) is 11.4 Å². The lowest BCUT2D eigenvalue weighted by Gasteiger charge is -2.20. The number of likely N-dealkylation sites (tertiary alicyclic amines) is 1. The number of anilines is 1. The molecular formula is C25H33N5O2. The number of aldehydes is 1. The van der Waals surface area contributed by atoms with Crippen molar-refractivity contribution in [1.82, 2.24) is 19.7 Å². The molecule has 1 atom stereocenters. The van der Waals surface area contributed by atoms with Gasteiger partial charge in [0.2, 0.25) is 0 Å². The molecule has 0 bridgehead atoms. The number of ether oxygens (including phenoxy) is 1. The van der Waals surface area contributed by atoms with Crippen LogP contribution in [0.15, 0.2) is 61.2 Å². The fraction of sp³-hybridized carbons (Fsp3) is 0.400. The Balaban J connectivity index is 0.000000269. The fourth-order valence-electron chi connectivity index (χ4n) is 3.69. The van der Waals surface area contributed by atoms with Crippen LogP contribution in [0.25, 0.3) is 5.69 Å². The minimum atomic E-state index is 0.489. The maximum absolute atomic E-state index is 9.95. The molecule has 0 aliphatic carbocycles. The van der Waals surface area contributed by atoms with E-state index in [4.69, 9.17) is 4.74 Å². The van der Waals surface area contributed by atoms with E-state index < -0.39 is 0 Å². The van der Waals surface area contributed by atoms with Crippen molar-refractivity contribution in [2.75, 3.05) is 32.1 Å². The summed E-state index contributed by atoms with van der Waals surface area (Å²) < 4.78 is 7.70. The van der Waals surface area contributed by atoms with E-state index in [9.17, 15) is 4.79 Å². The Labute approximate surface area is 190 Å². The summed E-state index contributed by atoms with van der Waals surface area (Å²) in [5, 5.41) is 7.40. The zero-order valence-electron chi connectivity index (χ0n) is 19.0. The molecule has 2 aromatic heterocycles. The molecule has 0 saturated carbocycles. The minimum absolute atomic E-state index is 0.489. The van der Waals surface area contributed by atoms with E-state index in [0.717, 1.165) is 54.6 Å². The molecule has 0 spiro atoms. The van der Waals surface area contributed by atoms with Gasteiger partial charge in [0, 0.05) is 38.4 Å². The van der Waals surface area contributed by atoms with Crippen LogP contribution in [-0.4, -0.2) is 58.7 Å². The SMILES string of the molecule is CNc1cnn(-c2ccc(OCCCN3CCCC3C)cc2)c1.O=CCc1ccncc1. The van der Waals surface area contributed by atoms with Gasteiger partial charge in [0.25, 0.3) is 0 Å². The predicted octanol–water partition coefficient (Wildman–Crippen LogP) is 3.99. The molecule has 1 saturated heterocycles. The second-order valence-corrected chi connectivity index (χ2v) is 7.87. The zero-order chi connectivity index (χ0) is 22.6. The Kier molecular flexibility index (Phi) is 9.25. The number of nitrogens with one attached hydrogen (secondary N) is 1.